The molecule has 1 aromatic rings. The van der Waals surface area contributed by atoms with Crippen LogP contribution in [0.2, 0.25) is 0 Å². The zero-order valence-electron chi connectivity index (χ0n) is 23.9. The summed E-state index contributed by atoms with van der Waals surface area (Å²) in [4.78, 5) is 30.3. The maximum absolute atomic E-state index is 12.6. The monoisotopic (exact) mass is 546 g/mol. The van der Waals surface area contributed by atoms with Gasteiger partial charge in [0.1, 0.15) is 11.6 Å². The molecule has 4 aliphatic rings. The van der Waals surface area contributed by atoms with Crippen molar-refractivity contribution in [3.8, 4) is 12.3 Å². The van der Waals surface area contributed by atoms with Crippen molar-refractivity contribution in [2.75, 3.05) is 13.7 Å². The molecule has 7 nitrogen and oxygen atoms in total. The summed E-state index contributed by atoms with van der Waals surface area (Å²) < 4.78 is 4.88. The number of hydrogen-bond acceptors (Lipinski definition) is 6. The van der Waals surface area contributed by atoms with Gasteiger partial charge in [-0.2, -0.15) is 0 Å². The molecule has 3 fully saturated rings. The highest BCUT2D eigenvalue weighted by atomic mass is 16.6. The van der Waals surface area contributed by atoms with E-state index >= 15 is 0 Å². The molecule has 0 unspecified atom stereocenters. The van der Waals surface area contributed by atoms with Gasteiger partial charge >= 0.3 is 5.97 Å². The molecule has 0 heterocycles. The van der Waals surface area contributed by atoms with E-state index in [-0.39, 0.29) is 17.4 Å². The number of rotatable bonds is 7. The topological polar surface area (TPSA) is 97.2 Å². The third-order valence-electron chi connectivity index (χ3n) is 10.8. The molecule has 40 heavy (non-hydrogen) atoms. The van der Waals surface area contributed by atoms with E-state index in [2.05, 4.69) is 36.3 Å². The van der Waals surface area contributed by atoms with Crippen LogP contribution in [0.3, 0.4) is 0 Å². The van der Waals surface area contributed by atoms with Crippen molar-refractivity contribution in [3.05, 3.63) is 47.5 Å². The Morgan fingerprint density at radius 2 is 1.88 bits per heavy atom. The lowest BCUT2D eigenvalue weighted by Crippen LogP contribution is -2.54. The fourth-order valence-electron chi connectivity index (χ4n) is 8.49. The normalized spacial score (nSPS) is 36.2. The SMILES string of the molecule is C#C[C@@]1(O)CC[C@H]2[C@H]3CCC4=CC(=NOCC(=O)N[C@@H](Cc5ccccc5)C(=O)OC)CC[C@]4(C)[C@H]3CC[C@]21C. The van der Waals surface area contributed by atoms with Gasteiger partial charge in [0.25, 0.3) is 5.91 Å². The highest BCUT2D eigenvalue weighted by Gasteiger charge is 2.63. The van der Waals surface area contributed by atoms with Crippen LogP contribution in [-0.2, 0) is 25.6 Å². The Kier molecular flexibility index (Phi) is 7.85. The van der Waals surface area contributed by atoms with Crippen LogP contribution in [0, 0.1) is 40.9 Å². The number of nitrogens with zero attached hydrogens (tertiary/aromatic N) is 1. The number of aliphatic hydroxyl groups is 1. The van der Waals surface area contributed by atoms with E-state index in [0.717, 1.165) is 56.2 Å². The molecule has 0 bridgehead atoms. The van der Waals surface area contributed by atoms with Gasteiger partial charge in [0, 0.05) is 11.8 Å². The second-order valence-electron chi connectivity index (χ2n) is 12.7. The standard InChI is InChI=1S/C33H42N2O5/c1-5-33(38)18-15-27-25-12-11-23-20-24(13-16-31(23,2)26(25)14-17-32(27,33)3)35-40-21-29(36)34-28(30(37)39-4)19-22-9-7-6-8-10-22/h1,6-10,20,25-28,38H,11-19,21H2,2-4H3,(H,34,36)/t25-,26-,27-,28-,31-,32+,33+/m0/s1. The van der Waals surface area contributed by atoms with Crippen LogP contribution in [0.4, 0.5) is 0 Å². The Morgan fingerprint density at radius 3 is 2.60 bits per heavy atom. The minimum absolute atomic E-state index is 0.114. The molecule has 0 saturated heterocycles. The fraction of sp³-hybridized carbons (Fsp3) is 0.606. The summed E-state index contributed by atoms with van der Waals surface area (Å²) >= 11 is 0. The first-order valence-electron chi connectivity index (χ1n) is 14.6. The maximum Gasteiger partial charge on any atom is 0.328 e. The quantitative estimate of drug-likeness (QED) is 0.296. The highest BCUT2D eigenvalue weighted by Crippen LogP contribution is 2.67. The summed E-state index contributed by atoms with van der Waals surface area (Å²) in [5, 5.41) is 18.2. The van der Waals surface area contributed by atoms with Gasteiger partial charge in [-0.3, -0.25) is 4.79 Å². The molecule has 0 radical (unpaired) electrons. The Labute approximate surface area is 237 Å². The Hall–Kier alpha value is -3.11. The van der Waals surface area contributed by atoms with Crippen molar-refractivity contribution in [1.82, 2.24) is 5.32 Å². The molecule has 1 aromatic carbocycles. The number of nitrogens with one attached hydrogen (secondary N) is 1. The number of esters is 1. The van der Waals surface area contributed by atoms with E-state index in [4.69, 9.17) is 16.0 Å². The summed E-state index contributed by atoms with van der Waals surface area (Å²) in [6, 6.07) is 8.69. The minimum Gasteiger partial charge on any atom is -0.467 e. The number of carbonyl (C=O) groups is 2. The molecule has 3 saturated carbocycles. The summed E-state index contributed by atoms with van der Waals surface area (Å²) in [5.41, 5.74) is 2.15. The molecule has 5 rings (SSSR count). The first-order valence-corrected chi connectivity index (χ1v) is 14.6. The van der Waals surface area contributed by atoms with E-state index in [1.54, 1.807) is 0 Å². The summed E-state index contributed by atoms with van der Waals surface area (Å²) in [7, 11) is 1.31. The van der Waals surface area contributed by atoms with Gasteiger partial charge < -0.3 is 20.0 Å². The van der Waals surface area contributed by atoms with E-state index in [9.17, 15) is 14.7 Å². The van der Waals surface area contributed by atoms with Gasteiger partial charge in [-0.25, -0.2) is 4.79 Å². The van der Waals surface area contributed by atoms with Gasteiger partial charge in [0.15, 0.2) is 6.61 Å². The molecule has 7 heteroatoms. The Balaban J connectivity index is 1.20. The number of allylic oxidation sites excluding steroid dienone is 2. The van der Waals surface area contributed by atoms with Crippen molar-refractivity contribution >= 4 is 17.6 Å². The number of methoxy groups -OCH3 is 1. The van der Waals surface area contributed by atoms with Crippen LogP contribution in [0.15, 0.2) is 47.1 Å². The van der Waals surface area contributed by atoms with Gasteiger partial charge in [-0.15, -0.1) is 6.42 Å². The van der Waals surface area contributed by atoms with Gasteiger partial charge in [-0.05, 0) is 86.2 Å². The fourth-order valence-corrected chi connectivity index (χ4v) is 8.49. The van der Waals surface area contributed by atoms with E-state index in [1.807, 2.05) is 30.3 Å². The van der Waals surface area contributed by atoms with Crippen molar-refractivity contribution in [3.63, 3.8) is 0 Å². The average Bonchev–Trinajstić information content (AvgIpc) is 3.23. The molecule has 0 aromatic heterocycles. The van der Waals surface area contributed by atoms with Gasteiger partial charge in [0.2, 0.25) is 0 Å². The van der Waals surface area contributed by atoms with Gasteiger partial charge in [0.05, 0.1) is 12.8 Å². The average molecular weight is 547 g/mol. The molecule has 4 aliphatic carbocycles. The van der Waals surface area contributed by atoms with Crippen molar-refractivity contribution in [2.45, 2.75) is 83.3 Å². The van der Waals surface area contributed by atoms with E-state index in [0.29, 0.717) is 30.6 Å². The number of fused-ring (bicyclic) bond motifs is 5. The second kappa shape index (κ2) is 11.0. The molecular formula is C33H42N2O5. The van der Waals surface area contributed by atoms with E-state index in [1.165, 1.54) is 12.7 Å². The lowest BCUT2D eigenvalue weighted by Gasteiger charge is -2.58. The molecule has 1 amide bonds. The van der Waals surface area contributed by atoms with Crippen molar-refractivity contribution < 1.29 is 24.3 Å². The largest absolute Gasteiger partial charge is 0.467 e. The van der Waals surface area contributed by atoms with Crippen LogP contribution in [-0.4, -0.2) is 48.1 Å². The molecule has 2 N–H and O–H groups in total. The number of oxime groups is 1. The summed E-state index contributed by atoms with van der Waals surface area (Å²) in [5.74, 6) is 3.49. The zero-order chi connectivity index (χ0) is 28.5. The van der Waals surface area contributed by atoms with Crippen molar-refractivity contribution in [1.29, 1.82) is 0 Å². The number of benzene rings is 1. The first kappa shape index (κ1) is 28.4. The second-order valence-corrected chi connectivity index (χ2v) is 12.7. The lowest BCUT2D eigenvalue weighted by molar-refractivity contribution is -0.145. The van der Waals surface area contributed by atoms with Crippen LogP contribution < -0.4 is 5.32 Å². The third-order valence-corrected chi connectivity index (χ3v) is 10.8. The number of amides is 1. The number of ether oxygens (including phenoxy) is 1. The Morgan fingerprint density at radius 1 is 1.12 bits per heavy atom. The lowest BCUT2D eigenvalue weighted by atomic mass is 9.46. The number of hydrogen-bond donors (Lipinski definition) is 2. The zero-order valence-corrected chi connectivity index (χ0v) is 23.9. The van der Waals surface area contributed by atoms with Crippen LogP contribution in [0.5, 0.6) is 0 Å². The Bertz CT molecular complexity index is 1230. The van der Waals surface area contributed by atoms with Crippen LogP contribution in [0.25, 0.3) is 0 Å². The van der Waals surface area contributed by atoms with E-state index < -0.39 is 23.5 Å². The third kappa shape index (κ3) is 4.96. The van der Waals surface area contributed by atoms with Crippen LogP contribution >= 0.6 is 0 Å². The molecule has 214 valence electrons. The number of terminal acetylenes is 1. The maximum atomic E-state index is 12.6. The van der Waals surface area contributed by atoms with Crippen LogP contribution in [0.1, 0.15) is 70.8 Å². The predicted octanol–water partition coefficient (Wildman–Crippen LogP) is 4.59. The highest BCUT2D eigenvalue weighted by molar-refractivity contribution is 5.96. The van der Waals surface area contributed by atoms with Gasteiger partial charge in [-0.1, -0.05) is 60.8 Å². The first-order chi connectivity index (χ1) is 19.1. The summed E-state index contributed by atoms with van der Waals surface area (Å²) in [6.45, 7) is 4.36. The smallest absolute Gasteiger partial charge is 0.328 e. The van der Waals surface area contributed by atoms with Crippen molar-refractivity contribution in [2.24, 2.45) is 33.7 Å². The molecule has 0 aliphatic heterocycles. The minimum atomic E-state index is -0.978. The molecule has 0 spiro atoms. The summed E-state index contributed by atoms with van der Waals surface area (Å²) in [6.07, 6.45) is 16.0. The number of carbonyl (C=O) groups excluding carboxylic acids is 2. The molecule has 7 atom stereocenters. The molecular weight excluding hydrogens is 504 g/mol. The predicted molar refractivity (Wildman–Crippen MR) is 153 cm³/mol.